The number of ether oxygens (including phenoxy) is 1. The van der Waals surface area contributed by atoms with Gasteiger partial charge in [-0.2, -0.15) is 0 Å². The van der Waals surface area contributed by atoms with Gasteiger partial charge in [-0.1, -0.05) is 12.1 Å². The predicted octanol–water partition coefficient (Wildman–Crippen LogP) is 3.29. The maximum atomic E-state index is 10.7. The number of aldehydes is 1. The number of halogens is 1. The second kappa shape index (κ2) is 6.46. The molecular formula is C12H15ClO2. The highest BCUT2D eigenvalue weighted by molar-refractivity contribution is 6.20. The summed E-state index contributed by atoms with van der Waals surface area (Å²) >= 11 is 5.81. The summed E-state index contributed by atoms with van der Waals surface area (Å²) in [6.45, 7) is 2.56. The SMILES string of the molecule is CC(Cl)CCCOc1ccccc1C=O. The van der Waals surface area contributed by atoms with Gasteiger partial charge in [0.25, 0.3) is 0 Å². The minimum absolute atomic E-state index is 0.176. The summed E-state index contributed by atoms with van der Waals surface area (Å²) in [6.07, 6.45) is 2.63. The lowest BCUT2D eigenvalue weighted by Crippen LogP contribution is -2.02. The Hall–Kier alpha value is -1.02. The standard InChI is InChI=1S/C12H15ClO2/c1-10(13)5-4-8-15-12-7-3-2-6-11(12)9-14/h2-3,6-7,9-10H,4-5,8H2,1H3. The van der Waals surface area contributed by atoms with Gasteiger partial charge in [0.15, 0.2) is 6.29 Å². The number of hydrogen-bond acceptors (Lipinski definition) is 2. The molecule has 1 aromatic rings. The number of carbonyl (C=O) groups excluding carboxylic acids is 1. The van der Waals surface area contributed by atoms with E-state index >= 15 is 0 Å². The smallest absolute Gasteiger partial charge is 0.153 e. The second-order valence-corrected chi connectivity index (χ2v) is 4.17. The van der Waals surface area contributed by atoms with E-state index in [-0.39, 0.29) is 5.38 Å². The van der Waals surface area contributed by atoms with Gasteiger partial charge < -0.3 is 4.74 Å². The Labute approximate surface area is 95.2 Å². The van der Waals surface area contributed by atoms with E-state index in [9.17, 15) is 4.79 Å². The van der Waals surface area contributed by atoms with Crippen molar-refractivity contribution in [3.8, 4) is 5.75 Å². The van der Waals surface area contributed by atoms with Crippen LogP contribution in [0, 0.1) is 0 Å². The molecule has 0 N–H and O–H groups in total. The molecule has 1 aromatic carbocycles. The van der Waals surface area contributed by atoms with Crippen LogP contribution in [0.1, 0.15) is 30.1 Å². The minimum Gasteiger partial charge on any atom is -0.493 e. The highest BCUT2D eigenvalue weighted by Gasteiger charge is 2.01. The van der Waals surface area contributed by atoms with Crippen LogP contribution in [0.25, 0.3) is 0 Å². The van der Waals surface area contributed by atoms with E-state index in [1.807, 2.05) is 19.1 Å². The van der Waals surface area contributed by atoms with E-state index in [0.717, 1.165) is 19.1 Å². The van der Waals surface area contributed by atoms with Gasteiger partial charge in [-0.25, -0.2) is 0 Å². The molecule has 0 radical (unpaired) electrons. The van der Waals surface area contributed by atoms with E-state index in [4.69, 9.17) is 16.3 Å². The van der Waals surface area contributed by atoms with Crippen molar-refractivity contribution in [3.63, 3.8) is 0 Å². The maximum absolute atomic E-state index is 10.7. The van der Waals surface area contributed by atoms with Crippen LogP contribution in [-0.4, -0.2) is 18.3 Å². The first-order valence-electron chi connectivity index (χ1n) is 5.05. The topological polar surface area (TPSA) is 26.3 Å². The van der Waals surface area contributed by atoms with E-state index in [2.05, 4.69) is 0 Å². The number of carbonyl (C=O) groups is 1. The molecule has 0 heterocycles. The van der Waals surface area contributed by atoms with Gasteiger partial charge in [-0.3, -0.25) is 4.79 Å². The molecule has 3 heteroatoms. The van der Waals surface area contributed by atoms with Crippen molar-refractivity contribution in [3.05, 3.63) is 29.8 Å². The molecule has 0 spiro atoms. The molecule has 0 aromatic heterocycles. The Balaban J connectivity index is 2.40. The Bertz CT molecular complexity index is 310. The third-order valence-electron chi connectivity index (χ3n) is 2.05. The minimum atomic E-state index is 0.176. The van der Waals surface area contributed by atoms with Crippen LogP contribution in [0.5, 0.6) is 5.75 Å². The van der Waals surface area contributed by atoms with Gasteiger partial charge in [0, 0.05) is 5.38 Å². The van der Waals surface area contributed by atoms with Crippen LogP contribution >= 0.6 is 11.6 Å². The van der Waals surface area contributed by atoms with E-state index in [1.165, 1.54) is 0 Å². The lowest BCUT2D eigenvalue weighted by molar-refractivity contribution is 0.111. The number of rotatable bonds is 6. The van der Waals surface area contributed by atoms with Crippen molar-refractivity contribution in [2.45, 2.75) is 25.1 Å². The Morgan fingerprint density at radius 1 is 1.47 bits per heavy atom. The van der Waals surface area contributed by atoms with Crippen LogP contribution in [0.2, 0.25) is 0 Å². The molecule has 82 valence electrons. The highest BCUT2D eigenvalue weighted by Crippen LogP contribution is 2.16. The van der Waals surface area contributed by atoms with Gasteiger partial charge in [0.2, 0.25) is 0 Å². The Morgan fingerprint density at radius 3 is 2.87 bits per heavy atom. The summed E-state index contributed by atoms with van der Waals surface area (Å²) in [4.78, 5) is 10.7. The van der Waals surface area contributed by atoms with E-state index < -0.39 is 0 Å². The predicted molar refractivity (Wildman–Crippen MR) is 61.9 cm³/mol. The van der Waals surface area contributed by atoms with Gasteiger partial charge in [0.1, 0.15) is 5.75 Å². The molecule has 0 saturated heterocycles. The van der Waals surface area contributed by atoms with Crippen molar-refractivity contribution < 1.29 is 9.53 Å². The first kappa shape index (κ1) is 12.1. The fourth-order valence-corrected chi connectivity index (χ4v) is 1.41. The molecule has 0 fully saturated rings. The van der Waals surface area contributed by atoms with E-state index in [1.54, 1.807) is 12.1 Å². The molecule has 0 aliphatic heterocycles. The number of hydrogen-bond donors (Lipinski definition) is 0. The van der Waals surface area contributed by atoms with Gasteiger partial charge in [0.05, 0.1) is 12.2 Å². The molecule has 0 bridgehead atoms. The lowest BCUT2D eigenvalue weighted by atomic mass is 10.2. The molecule has 1 rings (SSSR count). The molecule has 1 unspecified atom stereocenters. The molecule has 15 heavy (non-hydrogen) atoms. The summed E-state index contributed by atoms with van der Waals surface area (Å²) in [5, 5.41) is 0.176. The zero-order chi connectivity index (χ0) is 11.1. The fraction of sp³-hybridized carbons (Fsp3) is 0.417. The summed E-state index contributed by atoms with van der Waals surface area (Å²) in [6, 6.07) is 7.21. The summed E-state index contributed by atoms with van der Waals surface area (Å²) in [7, 11) is 0. The van der Waals surface area contributed by atoms with Crippen LogP contribution in [0.4, 0.5) is 0 Å². The largest absolute Gasteiger partial charge is 0.493 e. The quantitative estimate of drug-likeness (QED) is 0.423. The number of para-hydroxylation sites is 1. The third-order valence-corrected chi connectivity index (χ3v) is 2.27. The zero-order valence-corrected chi connectivity index (χ0v) is 9.54. The van der Waals surface area contributed by atoms with Gasteiger partial charge in [-0.05, 0) is 31.9 Å². The van der Waals surface area contributed by atoms with Gasteiger partial charge in [-0.15, -0.1) is 11.6 Å². The molecule has 0 amide bonds. The van der Waals surface area contributed by atoms with Crippen molar-refractivity contribution in [1.29, 1.82) is 0 Å². The lowest BCUT2D eigenvalue weighted by Gasteiger charge is -2.08. The van der Waals surface area contributed by atoms with E-state index in [0.29, 0.717) is 17.9 Å². The average molecular weight is 227 g/mol. The summed E-state index contributed by atoms with van der Waals surface area (Å²) in [5.41, 5.74) is 0.594. The molecule has 0 aliphatic carbocycles. The molecule has 1 atom stereocenters. The second-order valence-electron chi connectivity index (χ2n) is 3.43. The van der Waals surface area contributed by atoms with Crippen molar-refractivity contribution >= 4 is 17.9 Å². The van der Waals surface area contributed by atoms with Crippen LogP contribution in [-0.2, 0) is 0 Å². The number of benzene rings is 1. The first-order valence-corrected chi connectivity index (χ1v) is 5.48. The van der Waals surface area contributed by atoms with Crippen LogP contribution in [0.3, 0.4) is 0 Å². The summed E-state index contributed by atoms with van der Waals surface area (Å²) in [5.74, 6) is 0.648. The monoisotopic (exact) mass is 226 g/mol. The first-order chi connectivity index (χ1) is 7.24. The Kier molecular flexibility index (Phi) is 5.19. The fourth-order valence-electron chi connectivity index (χ4n) is 1.26. The average Bonchev–Trinajstić information content (AvgIpc) is 2.24. The Morgan fingerprint density at radius 2 is 2.20 bits per heavy atom. The molecular weight excluding hydrogens is 212 g/mol. The van der Waals surface area contributed by atoms with Crippen molar-refractivity contribution in [2.24, 2.45) is 0 Å². The molecule has 0 aliphatic rings. The van der Waals surface area contributed by atoms with Crippen molar-refractivity contribution in [1.82, 2.24) is 0 Å². The normalized spacial score (nSPS) is 12.1. The molecule has 0 saturated carbocycles. The maximum Gasteiger partial charge on any atom is 0.153 e. The highest BCUT2D eigenvalue weighted by atomic mass is 35.5. The van der Waals surface area contributed by atoms with Crippen molar-refractivity contribution in [2.75, 3.05) is 6.61 Å². The third kappa shape index (κ3) is 4.34. The summed E-state index contributed by atoms with van der Waals surface area (Å²) < 4.78 is 5.49. The zero-order valence-electron chi connectivity index (χ0n) is 8.78. The van der Waals surface area contributed by atoms with Crippen LogP contribution in [0.15, 0.2) is 24.3 Å². The number of alkyl halides is 1. The molecule has 2 nitrogen and oxygen atoms in total. The van der Waals surface area contributed by atoms with Gasteiger partial charge >= 0.3 is 0 Å². The van der Waals surface area contributed by atoms with Crippen LogP contribution < -0.4 is 4.74 Å².